The molecule has 1 unspecified atom stereocenters. The number of likely N-dealkylation sites (tertiary alicyclic amines) is 1. The minimum atomic E-state index is -0.0144. The molecule has 7 heteroatoms. The lowest BCUT2D eigenvalue weighted by Gasteiger charge is -2.15. The van der Waals surface area contributed by atoms with E-state index >= 15 is 0 Å². The van der Waals surface area contributed by atoms with E-state index in [9.17, 15) is 4.79 Å². The molecule has 1 aliphatic heterocycles. The van der Waals surface area contributed by atoms with Crippen LogP contribution in [0.25, 0.3) is 5.65 Å². The Bertz CT molecular complexity index is 835. The van der Waals surface area contributed by atoms with Gasteiger partial charge in [0, 0.05) is 43.3 Å². The van der Waals surface area contributed by atoms with E-state index in [4.69, 9.17) is 0 Å². The van der Waals surface area contributed by atoms with Crippen LogP contribution in [0.4, 0.5) is 0 Å². The third-order valence-corrected chi connectivity index (χ3v) is 4.09. The smallest absolute Gasteiger partial charge is 0.259 e. The van der Waals surface area contributed by atoms with Gasteiger partial charge >= 0.3 is 0 Å². The van der Waals surface area contributed by atoms with Crippen LogP contribution in [0, 0.1) is 6.92 Å². The number of carbonyl (C=O) groups is 1. The van der Waals surface area contributed by atoms with Crippen LogP contribution in [0.2, 0.25) is 0 Å². The zero-order chi connectivity index (χ0) is 15.1. The highest BCUT2D eigenvalue weighted by Crippen LogP contribution is 2.26. The Balaban J connectivity index is 1.57. The number of hydrogen-bond acceptors (Lipinski definition) is 4. The quantitative estimate of drug-likeness (QED) is 0.775. The summed E-state index contributed by atoms with van der Waals surface area (Å²) in [6.07, 6.45) is 7.80. The summed E-state index contributed by atoms with van der Waals surface area (Å²) in [6.45, 7) is 3.39. The fraction of sp³-hybridized carbons (Fsp3) is 0.333. The van der Waals surface area contributed by atoms with E-state index in [1.54, 1.807) is 29.2 Å². The van der Waals surface area contributed by atoms with E-state index in [0.717, 1.165) is 24.5 Å². The van der Waals surface area contributed by atoms with Gasteiger partial charge in [-0.05, 0) is 19.4 Å². The molecule has 3 aromatic heterocycles. The molecule has 0 spiro atoms. The molecule has 0 aliphatic carbocycles. The molecule has 1 amide bonds. The van der Waals surface area contributed by atoms with Crippen molar-refractivity contribution in [3.8, 4) is 0 Å². The van der Waals surface area contributed by atoms with Gasteiger partial charge in [-0.2, -0.15) is 5.10 Å². The van der Waals surface area contributed by atoms with Crippen molar-refractivity contribution in [1.82, 2.24) is 29.5 Å². The maximum absolute atomic E-state index is 12.7. The largest absolute Gasteiger partial charge is 0.346 e. The number of rotatable bonds is 2. The molecule has 0 radical (unpaired) electrons. The second-order valence-corrected chi connectivity index (χ2v) is 5.63. The predicted octanol–water partition coefficient (Wildman–Crippen LogP) is 1.39. The van der Waals surface area contributed by atoms with Crippen molar-refractivity contribution in [3.05, 3.63) is 47.9 Å². The normalized spacial score (nSPS) is 18.2. The van der Waals surface area contributed by atoms with E-state index in [0.29, 0.717) is 17.8 Å². The Hall–Kier alpha value is -2.70. The summed E-state index contributed by atoms with van der Waals surface area (Å²) in [7, 11) is 0. The summed E-state index contributed by atoms with van der Waals surface area (Å²) in [5.74, 6) is 1.22. The lowest BCUT2D eigenvalue weighted by atomic mass is 10.1. The van der Waals surface area contributed by atoms with Crippen LogP contribution in [-0.2, 0) is 0 Å². The number of nitrogens with zero attached hydrogens (tertiary/aromatic N) is 5. The fourth-order valence-corrected chi connectivity index (χ4v) is 2.96. The van der Waals surface area contributed by atoms with Gasteiger partial charge in [0.25, 0.3) is 5.91 Å². The van der Waals surface area contributed by atoms with E-state index in [2.05, 4.69) is 20.1 Å². The topological polar surface area (TPSA) is 79.2 Å². The Kier molecular flexibility index (Phi) is 2.92. The van der Waals surface area contributed by atoms with Crippen LogP contribution in [-0.4, -0.2) is 48.5 Å². The van der Waals surface area contributed by atoms with Gasteiger partial charge < -0.3 is 9.88 Å². The van der Waals surface area contributed by atoms with E-state index < -0.39 is 0 Å². The summed E-state index contributed by atoms with van der Waals surface area (Å²) >= 11 is 0. The lowest BCUT2D eigenvalue weighted by Crippen LogP contribution is -2.28. The lowest BCUT2D eigenvalue weighted by molar-refractivity contribution is 0.0792. The zero-order valence-electron chi connectivity index (χ0n) is 12.2. The Labute approximate surface area is 127 Å². The van der Waals surface area contributed by atoms with Crippen molar-refractivity contribution in [2.24, 2.45) is 0 Å². The maximum Gasteiger partial charge on any atom is 0.259 e. The predicted molar refractivity (Wildman–Crippen MR) is 79.6 cm³/mol. The summed E-state index contributed by atoms with van der Waals surface area (Å²) in [5.41, 5.74) is 2.20. The molecule has 1 N–H and O–H groups in total. The number of nitrogens with one attached hydrogen (secondary N) is 1. The minimum absolute atomic E-state index is 0.0144. The highest BCUT2D eigenvalue weighted by Gasteiger charge is 2.31. The molecule has 22 heavy (non-hydrogen) atoms. The van der Waals surface area contributed by atoms with Crippen LogP contribution in [0.3, 0.4) is 0 Å². The molecule has 3 aromatic rings. The standard InChI is InChI=1S/C15H16N6O/c1-10-7-17-13(19-10)11-3-6-20(9-11)15(22)12-8-18-21-5-2-4-16-14(12)21/h2,4-5,7-8,11H,3,6,9H2,1H3,(H,17,19). The highest BCUT2D eigenvalue weighted by molar-refractivity contribution is 5.99. The van der Waals surface area contributed by atoms with Crippen molar-refractivity contribution < 1.29 is 4.79 Å². The molecule has 0 bridgehead atoms. The summed E-state index contributed by atoms with van der Waals surface area (Å²) < 4.78 is 1.62. The van der Waals surface area contributed by atoms with E-state index in [-0.39, 0.29) is 11.8 Å². The van der Waals surface area contributed by atoms with Gasteiger partial charge in [0.1, 0.15) is 11.4 Å². The number of aromatic nitrogens is 5. The highest BCUT2D eigenvalue weighted by atomic mass is 16.2. The molecule has 0 aromatic carbocycles. The molecular weight excluding hydrogens is 280 g/mol. The van der Waals surface area contributed by atoms with Gasteiger partial charge in [-0.3, -0.25) is 4.79 Å². The van der Waals surface area contributed by atoms with Crippen LogP contribution >= 0.6 is 0 Å². The Morgan fingerprint density at radius 1 is 1.36 bits per heavy atom. The molecule has 112 valence electrons. The molecule has 1 saturated heterocycles. The molecular formula is C15H16N6O. The number of carbonyl (C=O) groups excluding carboxylic acids is 1. The third-order valence-electron chi connectivity index (χ3n) is 4.09. The summed E-state index contributed by atoms with van der Waals surface area (Å²) in [5, 5.41) is 4.18. The molecule has 7 nitrogen and oxygen atoms in total. The van der Waals surface area contributed by atoms with Gasteiger partial charge in [0.2, 0.25) is 0 Å². The Morgan fingerprint density at radius 3 is 3.09 bits per heavy atom. The molecule has 1 fully saturated rings. The third kappa shape index (κ3) is 2.05. The monoisotopic (exact) mass is 296 g/mol. The van der Waals surface area contributed by atoms with Crippen molar-refractivity contribution in [2.45, 2.75) is 19.3 Å². The number of aromatic amines is 1. The van der Waals surface area contributed by atoms with E-state index in [1.165, 1.54) is 0 Å². The minimum Gasteiger partial charge on any atom is -0.346 e. The van der Waals surface area contributed by atoms with Gasteiger partial charge in [0.05, 0.1) is 6.20 Å². The van der Waals surface area contributed by atoms with Gasteiger partial charge in [-0.15, -0.1) is 0 Å². The van der Waals surface area contributed by atoms with Crippen molar-refractivity contribution >= 4 is 11.6 Å². The fourth-order valence-electron chi connectivity index (χ4n) is 2.96. The molecule has 1 aliphatic rings. The number of fused-ring (bicyclic) bond motifs is 1. The van der Waals surface area contributed by atoms with Crippen LogP contribution in [0.5, 0.6) is 0 Å². The second-order valence-electron chi connectivity index (χ2n) is 5.63. The number of imidazole rings is 1. The maximum atomic E-state index is 12.7. The van der Waals surface area contributed by atoms with Gasteiger partial charge in [-0.1, -0.05) is 0 Å². The van der Waals surface area contributed by atoms with Crippen LogP contribution in [0.1, 0.15) is 34.2 Å². The number of H-pyrrole nitrogens is 1. The number of amides is 1. The zero-order valence-corrected chi connectivity index (χ0v) is 12.2. The first kappa shape index (κ1) is 13.0. The average molecular weight is 296 g/mol. The first-order valence-electron chi connectivity index (χ1n) is 7.31. The van der Waals surface area contributed by atoms with Crippen molar-refractivity contribution in [2.75, 3.05) is 13.1 Å². The van der Waals surface area contributed by atoms with Gasteiger partial charge in [-0.25, -0.2) is 14.5 Å². The molecule has 1 atom stereocenters. The van der Waals surface area contributed by atoms with E-state index in [1.807, 2.05) is 18.0 Å². The number of hydrogen-bond donors (Lipinski definition) is 1. The van der Waals surface area contributed by atoms with Crippen LogP contribution < -0.4 is 0 Å². The second kappa shape index (κ2) is 4.94. The molecule has 4 rings (SSSR count). The summed E-state index contributed by atoms with van der Waals surface area (Å²) in [6, 6.07) is 1.79. The SMILES string of the molecule is Cc1cnc(C2CCN(C(=O)c3cnn4cccnc34)C2)[nH]1. The first-order valence-corrected chi connectivity index (χ1v) is 7.31. The number of aryl methyl sites for hydroxylation is 1. The van der Waals surface area contributed by atoms with Gasteiger partial charge in [0.15, 0.2) is 5.65 Å². The molecule has 0 saturated carbocycles. The van der Waals surface area contributed by atoms with Crippen molar-refractivity contribution in [1.29, 1.82) is 0 Å². The summed E-state index contributed by atoms with van der Waals surface area (Å²) in [4.78, 5) is 26.5. The van der Waals surface area contributed by atoms with Crippen LogP contribution in [0.15, 0.2) is 30.9 Å². The average Bonchev–Trinajstić information content (AvgIpc) is 3.25. The Morgan fingerprint density at radius 2 is 2.27 bits per heavy atom. The first-order chi connectivity index (χ1) is 10.7. The van der Waals surface area contributed by atoms with Crippen molar-refractivity contribution in [3.63, 3.8) is 0 Å². The molecule has 4 heterocycles.